The van der Waals surface area contributed by atoms with E-state index in [1.807, 2.05) is 6.92 Å². The monoisotopic (exact) mass is 446 g/mol. The van der Waals surface area contributed by atoms with Gasteiger partial charge in [-0.1, -0.05) is 13.0 Å². The van der Waals surface area contributed by atoms with Gasteiger partial charge in [0.2, 0.25) is 0 Å². The molecule has 2 unspecified atom stereocenters. The van der Waals surface area contributed by atoms with Gasteiger partial charge in [0.15, 0.2) is 0 Å². The number of rotatable bonds is 7. The summed E-state index contributed by atoms with van der Waals surface area (Å²) in [6, 6.07) is 1.69. The smallest absolute Gasteiger partial charge is 0.310 e. The van der Waals surface area contributed by atoms with Crippen molar-refractivity contribution in [2.24, 2.45) is 22.7 Å². The SMILES string of the molecule is CC(=O)OC[C@]12C3=CCC[C@@H]1[C@](CC(OC(C)=O)c1ccoc1)(C(=O)O)[C@H](C)CC2OC3. The number of carbonyl (C=O) groups is 3. The first-order valence-corrected chi connectivity index (χ1v) is 11.1. The Balaban J connectivity index is 1.81. The molecule has 0 amide bonds. The Kier molecular flexibility index (Phi) is 5.92. The molecule has 174 valence electrons. The van der Waals surface area contributed by atoms with E-state index >= 15 is 0 Å². The van der Waals surface area contributed by atoms with Crippen molar-refractivity contribution in [2.75, 3.05) is 13.2 Å². The summed E-state index contributed by atoms with van der Waals surface area (Å²) in [5.41, 5.74) is -0.254. The maximum absolute atomic E-state index is 13.1. The zero-order valence-electron chi connectivity index (χ0n) is 18.7. The fraction of sp³-hybridized carbons (Fsp3) is 0.625. The number of esters is 2. The van der Waals surface area contributed by atoms with Crippen LogP contribution in [-0.4, -0.2) is 42.3 Å². The van der Waals surface area contributed by atoms with Gasteiger partial charge in [-0.05, 0) is 42.7 Å². The molecule has 2 fully saturated rings. The van der Waals surface area contributed by atoms with Gasteiger partial charge in [0.05, 0.1) is 36.1 Å². The summed E-state index contributed by atoms with van der Waals surface area (Å²) in [4.78, 5) is 36.8. The molecule has 1 saturated heterocycles. The summed E-state index contributed by atoms with van der Waals surface area (Å²) in [5.74, 6) is -2.40. The highest BCUT2D eigenvalue weighted by atomic mass is 16.5. The topological polar surface area (TPSA) is 112 Å². The van der Waals surface area contributed by atoms with Crippen LogP contribution in [0.5, 0.6) is 0 Å². The van der Waals surface area contributed by atoms with Crippen LogP contribution in [0.3, 0.4) is 0 Å². The van der Waals surface area contributed by atoms with Crippen molar-refractivity contribution in [3.05, 3.63) is 35.8 Å². The van der Waals surface area contributed by atoms with Crippen LogP contribution in [-0.2, 0) is 28.6 Å². The number of carboxylic acid groups (broad SMARTS) is 1. The average Bonchev–Trinajstić information content (AvgIpc) is 3.37. The zero-order valence-corrected chi connectivity index (χ0v) is 18.7. The van der Waals surface area contributed by atoms with Gasteiger partial charge in [0.1, 0.15) is 12.7 Å². The second kappa shape index (κ2) is 8.39. The van der Waals surface area contributed by atoms with E-state index in [0.29, 0.717) is 25.0 Å². The molecule has 0 bridgehead atoms. The minimum Gasteiger partial charge on any atom is -0.481 e. The molecule has 2 heterocycles. The van der Waals surface area contributed by atoms with E-state index in [-0.39, 0.29) is 31.0 Å². The number of furan rings is 1. The molecule has 6 atom stereocenters. The summed E-state index contributed by atoms with van der Waals surface area (Å²) in [6.45, 7) is 5.12. The molecule has 8 heteroatoms. The lowest BCUT2D eigenvalue weighted by Gasteiger charge is -2.58. The number of carboxylic acids is 1. The molecule has 4 rings (SSSR count). The highest BCUT2D eigenvalue weighted by Crippen LogP contribution is 2.66. The standard InChI is InChI=1S/C24H30O8/c1-14-9-21-24(13-31-15(2)25)18(12-30-21)5-4-6-20(24)23(14,22(27)28)10-19(32-16(3)26)17-7-8-29-11-17/h5,7-8,11,14,19-21H,4,6,9-10,12-13H2,1-3H3,(H,27,28)/t14-,19?,20-,21?,23-,24+/m1/s1. The molecule has 1 aromatic heterocycles. The van der Waals surface area contributed by atoms with Crippen molar-refractivity contribution in [1.29, 1.82) is 0 Å². The number of hydrogen-bond acceptors (Lipinski definition) is 7. The number of hydrogen-bond donors (Lipinski definition) is 1. The fourth-order valence-corrected chi connectivity index (χ4v) is 6.42. The van der Waals surface area contributed by atoms with Gasteiger partial charge >= 0.3 is 17.9 Å². The lowest BCUT2D eigenvalue weighted by atomic mass is 9.45. The third-order valence-corrected chi connectivity index (χ3v) is 7.81. The Morgan fingerprint density at radius 3 is 2.69 bits per heavy atom. The van der Waals surface area contributed by atoms with Crippen LogP contribution in [0.25, 0.3) is 0 Å². The maximum Gasteiger partial charge on any atom is 0.310 e. The molecular formula is C24H30O8. The van der Waals surface area contributed by atoms with Crippen LogP contribution >= 0.6 is 0 Å². The average molecular weight is 446 g/mol. The third kappa shape index (κ3) is 3.45. The Labute approximate surface area is 186 Å². The molecule has 2 aliphatic carbocycles. The van der Waals surface area contributed by atoms with Crippen LogP contribution in [0.1, 0.15) is 58.1 Å². The van der Waals surface area contributed by atoms with Crippen molar-refractivity contribution in [2.45, 2.75) is 58.7 Å². The Bertz CT molecular complexity index is 918. The summed E-state index contributed by atoms with van der Waals surface area (Å²) in [6.07, 6.45) is 6.07. The van der Waals surface area contributed by atoms with Crippen LogP contribution in [0.2, 0.25) is 0 Å². The Morgan fingerprint density at radius 1 is 1.28 bits per heavy atom. The van der Waals surface area contributed by atoms with Gasteiger partial charge in [-0.2, -0.15) is 0 Å². The van der Waals surface area contributed by atoms with Gasteiger partial charge in [0.25, 0.3) is 0 Å². The predicted molar refractivity (Wildman–Crippen MR) is 111 cm³/mol. The van der Waals surface area contributed by atoms with E-state index in [2.05, 4.69) is 6.08 Å². The summed E-state index contributed by atoms with van der Waals surface area (Å²) in [5, 5.41) is 10.7. The molecule has 0 spiro atoms. The summed E-state index contributed by atoms with van der Waals surface area (Å²) < 4.78 is 22.5. The normalized spacial score (nSPS) is 34.2. The van der Waals surface area contributed by atoms with E-state index in [4.69, 9.17) is 18.6 Å². The molecule has 1 aromatic rings. The lowest BCUT2D eigenvalue weighted by Crippen LogP contribution is -2.62. The van der Waals surface area contributed by atoms with E-state index in [9.17, 15) is 19.5 Å². The molecule has 0 radical (unpaired) electrons. The van der Waals surface area contributed by atoms with Gasteiger partial charge in [0, 0.05) is 25.8 Å². The largest absolute Gasteiger partial charge is 0.481 e. The summed E-state index contributed by atoms with van der Waals surface area (Å²) in [7, 11) is 0. The predicted octanol–water partition coefficient (Wildman–Crippen LogP) is 3.67. The first kappa shape index (κ1) is 22.6. The van der Waals surface area contributed by atoms with Crippen LogP contribution in [0, 0.1) is 22.7 Å². The van der Waals surface area contributed by atoms with Crippen LogP contribution in [0.15, 0.2) is 34.7 Å². The minimum absolute atomic E-state index is 0.0925. The molecule has 32 heavy (non-hydrogen) atoms. The van der Waals surface area contributed by atoms with E-state index in [1.54, 1.807) is 6.07 Å². The Morgan fingerprint density at radius 2 is 2.06 bits per heavy atom. The zero-order chi connectivity index (χ0) is 23.1. The van der Waals surface area contributed by atoms with Gasteiger partial charge in [-0.15, -0.1) is 0 Å². The Hall–Kier alpha value is -2.61. The quantitative estimate of drug-likeness (QED) is 0.499. The number of carbonyl (C=O) groups excluding carboxylic acids is 2. The maximum atomic E-state index is 13.1. The highest BCUT2D eigenvalue weighted by Gasteiger charge is 2.68. The summed E-state index contributed by atoms with van der Waals surface area (Å²) >= 11 is 0. The first-order valence-electron chi connectivity index (χ1n) is 11.1. The van der Waals surface area contributed by atoms with Crippen molar-refractivity contribution < 1.29 is 38.1 Å². The van der Waals surface area contributed by atoms with Gasteiger partial charge in [-0.25, -0.2) is 0 Å². The van der Waals surface area contributed by atoms with Crippen LogP contribution < -0.4 is 0 Å². The lowest BCUT2D eigenvalue weighted by molar-refractivity contribution is -0.194. The molecule has 1 N–H and O–H groups in total. The molecule has 8 nitrogen and oxygen atoms in total. The highest BCUT2D eigenvalue weighted by molar-refractivity contribution is 5.77. The van der Waals surface area contributed by atoms with Gasteiger partial charge in [-0.3, -0.25) is 14.4 Å². The van der Waals surface area contributed by atoms with Crippen molar-refractivity contribution in [1.82, 2.24) is 0 Å². The third-order valence-electron chi connectivity index (χ3n) is 7.81. The van der Waals surface area contributed by atoms with Crippen LogP contribution in [0.4, 0.5) is 0 Å². The van der Waals surface area contributed by atoms with Gasteiger partial charge < -0.3 is 23.7 Å². The fourth-order valence-electron chi connectivity index (χ4n) is 6.42. The molecule has 0 aromatic carbocycles. The van der Waals surface area contributed by atoms with Crippen molar-refractivity contribution >= 4 is 17.9 Å². The molecule has 3 aliphatic rings. The molecular weight excluding hydrogens is 416 g/mol. The molecule has 1 saturated carbocycles. The number of allylic oxidation sites excluding steroid dienone is 1. The number of ether oxygens (including phenoxy) is 3. The molecule has 1 aliphatic heterocycles. The van der Waals surface area contributed by atoms with Crippen molar-refractivity contribution in [3.8, 4) is 0 Å². The number of aliphatic carboxylic acids is 1. The van der Waals surface area contributed by atoms with E-state index < -0.39 is 34.8 Å². The minimum atomic E-state index is -1.21. The van der Waals surface area contributed by atoms with E-state index in [1.165, 1.54) is 26.4 Å². The first-order chi connectivity index (χ1) is 15.2. The second-order valence-electron chi connectivity index (χ2n) is 9.32. The van der Waals surface area contributed by atoms with E-state index in [0.717, 1.165) is 12.0 Å². The second-order valence-corrected chi connectivity index (χ2v) is 9.32. The van der Waals surface area contributed by atoms with Crippen molar-refractivity contribution in [3.63, 3.8) is 0 Å².